The first-order valence-electron chi connectivity index (χ1n) is 8.21. The van der Waals surface area contributed by atoms with E-state index < -0.39 is 0 Å². The molecule has 1 heterocycles. The topological polar surface area (TPSA) is 15.3 Å². The van der Waals surface area contributed by atoms with Gasteiger partial charge in [-0.2, -0.15) is 0 Å². The summed E-state index contributed by atoms with van der Waals surface area (Å²) in [7, 11) is 0. The van der Waals surface area contributed by atoms with Crippen LogP contribution >= 0.6 is 22.6 Å². The van der Waals surface area contributed by atoms with E-state index in [0.29, 0.717) is 0 Å². The minimum Gasteiger partial charge on any atom is -0.308 e. The number of rotatable bonds is 5. The van der Waals surface area contributed by atoms with Gasteiger partial charge in [-0.25, -0.2) is 0 Å². The highest BCUT2D eigenvalue weighted by atomic mass is 127. The molecule has 0 bridgehead atoms. The largest absolute Gasteiger partial charge is 0.308 e. The van der Waals surface area contributed by atoms with Crippen molar-refractivity contribution in [3.05, 3.63) is 33.4 Å². The summed E-state index contributed by atoms with van der Waals surface area (Å²) < 4.78 is 1.31. The molecule has 2 nitrogen and oxygen atoms in total. The van der Waals surface area contributed by atoms with E-state index >= 15 is 0 Å². The molecule has 1 aromatic rings. The van der Waals surface area contributed by atoms with Crippen molar-refractivity contribution in [2.24, 2.45) is 0 Å². The molecule has 1 atom stereocenters. The Hall–Kier alpha value is -0.130. The zero-order valence-electron chi connectivity index (χ0n) is 13.9. The summed E-state index contributed by atoms with van der Waals surface area (Å²) >= 11 is 2.38. The third-order valence-corrected chi connectivity index (χ3v) is 6.22. The maximum absolute atomic E-state index is 3.86. The van der Waals surface area contributed by atoms with E-state index in [1.807, 2.05) is 0 Å². The molecule has 118 valence electrons. The number of piperazine rings is 1. The highest BCUT2D eigenvalue weighted by Crippen LogP contribution is 2.31. The molecular formula is C18H29IN2. The van der Waals surface area contributed by atoms with Gasteiger partial charge in [-0.05, 0) is 66.5 Å². The van der Waals surface area contributed by atoms with Gasteiger partial charge in [0.05, 0.1) is 0 Å². The summed E-state index contributed by atoms with van der Waals surface area (Å²) in [4.78, 5) is 2.71. The third kappa shape index (κ3) is 3.80. The van der Waals surface area contributed by atoms with Gasteiger partial charge in [-0.15, -0.1) is 0 Å². The molecule has 0 aliphatic carbocycles. The van der Waals surface area contributed by atoms with Crippen LogP contribution in [-0.2, 0) is 6.54 Å². The molecule has 1 fully saturated rings. The Morgan fingerprint density at radius 2 is 1.71 bits per heavy atom. The molecule has 0 spiro atoms. The molecule has 1 unspecified atom stereocenters. The average molecular weight is 400 g/mol. The van der Waals surface area contributed by atoms with Gasteiger partial charge in [0.25, 0.3) is 0 Å². The van der Waals surface area contributed by atoms with Crippen LogP contribution in [0.15, 0.2) is 24.3 Å². The molecule has 0 aromatic heterocycles. The molecule has 1 aromatic carbocycles. The minimum atomic E-state index is 0.261. The summed E-state index contributed by atoms with van der Waals surface area (Å²) in [5, 5.41) is 3.86. The zero-order chi connectivity index (χ0) is 15.5. The molecule has 0 amide bonds. The van der Waals surface area contributed by atoms with Crippen molar-refractivity contribution in [3.63, 3.8) is 0 Å². The fraction of sp³-hybridized carbons (Fsp3) is 0.667. The monoisotopic (exact) mass is 400 g/mol. The molecule has 1 saturated heterocycles. The molecule has 1 aliphatic heterocycles. The molecule has 3 heteroatoms. The lowest BCUT2D eigenvalue weighted by Crippen LogP contribution is -2.68. The SMILES string of the molecule is CCC1(CC)CN(Cc2ccc(I)cc2)C(C)(CC)CN1. The highest BCUT2D eigenvalue weighted by Gasteiger charge is 2.42. The summed E-state index contributed by atoms with van der Waals surface area (Å²) in [6, 6.07) is 8.99. The minimum absolute atomic E-state index is 0.261. The van der Waals surface area contributed by atoms with Gasteiger partial charge < -0.3 is 5.32 Å². The van der Waals surface area contributed by atoms with E-state index in [2.05, 4.69) is 84.8 Å². The first kappa shape index (κ1) is 17.2. The van der Waals surface area contributed by atoms with Crippen LogP contribution in [0.1, 0.15) is 52.5 Å². The third-order valence-electron chi connectivity index (χ3n) is 5.50. The van der Waals surface area contributed by atoms with Crippen molar-refractivity contribution in [1.29, 1.82) is 0 Å². The van der Waals surface area contributed by atoms with Gasteiger partial charge >= 0.3 is 0 Å². The van der Waals surface area contributed by atoms with Gasteiger partial charge in [-0.1, -0.05) is 32.9 Å². The molecule has 0 saturated carbocycles. The molecule has 21 heavy (non-hydrogen) atoms. The van der Waals surface area contributed by atoms with Crippen molar-refractivity contribution in [2.75, 3.05) is 13.1 Å². The van der Waals surface area contributed by atoms with E-state index in [-0.39, 0.29) is 11.1 Å². The number of halogens is 1. The lowest BCUT2D eigenvalue weighted by Gasteiger charge is -2.53. The van der Waals surface area contributed by atoms with Gasteiger partial charge in [0, 0.05) is 34.3 Å². The summed E-state index contributed by atoms with van der Waals surface area (Å²) in [5.41, 5.74) is 1.98. The smallest absolute Gasteiger partial charge is 0.0307 e. The molecule has 1 N–H and O–H groups in total. The van der Waals surface area contributed by atoms with Crippen molar-refractivity contribution in [3.8, 4) is 0 Å². The Bertz CT molecular complexity index is 453. The Morgan fingerprint density at radius 3 is 2.24 bits per heavy atom. The number of hydrogen-bond acceptors (Lipinski definition) is 2. The van der Waals surface area contributed by atoms with Gasteiger partial charge in [0.2, 0.25) is 0 Å². The Balaban J connectivity index is 2.20. The lowest BCUT2D eigenvalue weighted by atomic mass is 9.82. The number of nitrogens with zero attached hydrogens (tertiary/aromatic N) is 1. The fourth-order valence-electron chi connectivity index (χ4n) is 3.23. The van der Waals surface area contributed by atoms with E-state index in [1.54, 1.807) is 0 Å². The van der Waals surface area contributed by atoms with E-state index in [1.165, 1.54) is 28.4 Å². The number of nitrogens with one attached hydrogen (secondary N) is 1. The van der Waals surface area contributed by atoms with Crippen LogP contribution in [0.2, 0.25) is 0 Å². The second-order valence-corrected chi connectivity index (χ2v) is 7.92. The van der Waals surface area contributed by atoms with Crippen molar-refractivity contribution in [1.82, 2.24) is 10.2 Å². The van der Waals surface area contributed by atoms with E-state index in [0.717, 1.165) is 19.6 Å². The quantitative estimate of drug-likeness (QED) is 0.736. The summed E-state index contributed by atoms with van der Waals surface area (Å²) in [5.74, 6) is 0. The van der Waals surface area contributed by atoms with Gasteiger partial charge in [-0.3, -0.25) is 4.90 Å². The van der Waals surface area contributed by atoms with Crippen molar-refractivity contribution < 1.29 is 0 Å². The van der Waals surface area contributed by atoms with Crippen molar-refractivity contribution >= 4 is 22.6 Å². The molecule has 2 rings (SSSR count). The highest BCUT2D eigenvalue weighted by molar-refractivity contribution is 14.1. The fourth-order valence-corrected chi connectivity index (χ4v) is 3.59. The number of hydrogen-bond donors (Lipinski definition) is 1. The second kappa shape index (κ2) is 6.97. The second-order valence-electron chi connectivity index (χ2n) is 6.67. The normalized spacial score (nSPS) is 26.0. The van der Waals surface area contributed by atoms with E-state index in [9.17, 15) is 0 Å². The van der Waals surface area contributed by atoms with Crippen LogP contribution < -0.4 is 5.32 Å². The molecule has 1 aliphatic rings. The van der Waals surface area contributed by atoms with E-state index in [4.69, 9.17) is 0 Å². The first-order chi connectivity index (χ1) is 9.97. The molecular weight excluding hydrogens is 371 g/mol. The van der Waals surface area contributed by atoms with Crippen LogP contribution in [0.4, 0.5) is 0 Å². The Kier molecular flexibility index (Phi) is 5.71. The van der Waals surface area contributed by atoms with Crippen LogP contribution in [0.25, 0.3) is 0 Å². The van der Waals surface area contributed by atoms with Crippen molar-refractivity contribution in [2.45, 2.75) is 64.6 Å². The standard InChI is InChI=1S/C18H29IN2/c1-5-17(4)13-20-18(6-2,7-3)14-21(17)12-15-8-10-16(19)11-9-15/h8-11,20H,5-7,12-14H2,1-4H3. The maximum atomic E-state index is 3.86. The van der Waals surface area contributed by atoms with Crippen LogP contribution in [0.5, 0.6) is 0 Å². The Morgan fingerprint density at radius 1 is 1.10 bits per heavy atom. The Labute approximate surface area is 143 Å². The zero-order valence-corrected chi connectivity index (χ0v) is 16.0. The maximum Gasteiger partial charge on any atom is 0.0307 e. The van der Waals surface area contributed by atoms with Crippen LogP contribution in [0.3, 0.4) is 0 Å². The van der Waals surface area contributed by atoms with Crippen LogP contribution in [-0.4, -0.2) is 29.1 Å². The van der Waals surface area contributed by atoms with Crippen LogP contribution in [0, 0.1) is 3.57 Å². The van der Waals surface area contributed by atoms with Gasteiger partial charge in [0.15, 0.2) is 0 Å². The number of benzene rings is 1. The predicted octanol–water partition coefficient (Wildman–Crippen LogP) is 4.42. The lowest BCUT2D eigenvalue weighted by molar-refractivity contribution is 0.00276. The predicted molar refractivity (Wildman–Crippen MR) is 99.6 cm³/mol. The average Bonchev–Trinajstić information content (AvgIpc) is 2.52. The summed E-state index contributed by atoms with van der Waals surface area (Å²) in [6.07, 6.45) is 3.59. The first-order valence-corrected chi connectivity index (χ1v) is 9.29. The molecule has 0 radical (unpaired) electrons. The summed E-state index contributed by atoms with van der Waals surface area (Å²) in [6.45, 7) is 12.6. The van der Waals surface area contributed by atoms with Gasteiger partial charge in [0.1, 0.15) is 0 Å².